The van der Waals surface area contributed by atoms with E-state index < -0.39 is 0 Å². The first-order valence-corrected chi connectivity index (χ1v) is 7.81. The maximum absolute atomic E-state index is 6.33. The second kappa shape index (κ2) is 5.96. The van der Waals surface area contributed by atoms with Crippen LogP contribution in [0, 0.1) is 6.92 Å². The van der Waals surface area contributed by atoms with Crippen molar-refractivity contribution < 1.29 is 4.74 Å². The Hall–Kier alpha value is -1.02. The lowest BCUT2D eigenvalue weighted by Gasteiger charge is -2.25. The van der Waals surface area contributed by atoms with Crippen molar-refractivity contribution in [1.82, 2.24) is 5.32 Å². The first-order chi connectivity index (χ1) is 9.33. The van der Waals surface area contributed by atoms with Crippen LogP contribution in [0.1, 0.15) is 56.1 Å². The molecule has 0 amide bonds. The Morgan fingerprint density at radius 3 is 2.63 bits per heavy atom. The summed E-state index contributed by atoms with van der Waals surface area (Å²) in [5.41, 5.74) is 2.61. The van der Waals surface area contributed by atoms with E-state index in [1.807, 2.05) is 0 Å². The van der Waals surface area contributed by atoms with Crippen LogP contribution in [0.4, 0.5) is 0 Å². The summed E-state index contributed by atoms with van der Waals surface area (Å²) in [6, 6.07) is 7.27. The van der Waals surface area contributed by atoms with Crippen molar-refractivity contribution in [1.29, 1.82) is 0 Å². The van der Waals surface area contributed by atoms with Gasteiger partial charge in [0.2, 0.25) is 0 Å². The van der Waals surface area contributed by atoms with Gasteiger partial charge in [0.1, 0.15) is 5.75 Å². The van der Waals surface area contributed by atoms with Gasteiger partial charge in [0, 0.05) is 18.2 Å². The number of rotatable bonds is 5. The van der Waals surface area contributed by atoms with E-state index in [0.29, 0.717) is 6.10 Å². The smallest absolute Gasteiger partial charge is 0.127 e. The molecule has 2 saturated carbocycles. The lowest BCUT2D eigenvalue weighted by atomic mass is 9.97. The lowest BCUT2D eigenvalue weighted by molar-refractivity contribution is 0.152. The zero-order valence-corrected chi connectivity index (χ0v) is 12.0. The summed E-state index contributed by atoms with van der Waals surface area (Å²) in [6.45, 7) is 3.12. The van der Waals surface area contributed by atoms with E-state index >= 15 is 0 Å². The number of ether oxygens (including phenoxy) is 1. The topological polar surface area (TPSA) is 21.3 Å². The third kappa shape index (κ3) is 3.50. The molecule has 0 bridgehead atoms. The van der Waals surface area contributed by atoms with Crippen molar-refractivity contribution in [2.75, 3.05) is 0 Å². The van der Waals surface area contributed by atoms with E-state index in [2.05, 4.69) is 30.4 Å². The molecule has 2 aliphatic rings. The van der Waals surface area contributed by atoms with Gasteiger partial charge in [0.15, 0.2) is 0 Å². The Balaban J connectivity index is 1.69. The van der Waals surface area contributed by atoms with Gasteiger partial charge in [-0.3, -0.25) is 0 Å². The van der Waals surface area contributed by atoms with Crippen LogP contribution in [0.3, 0.4) is 0 Å². The molecule has 3 rings (SSSR count). The number of nitrogens with one attached hydrogen (secondary N) is 1. The summed E-state index contributed by atoms with van der Waals surface area (Å²) in [6.07, 6.45) is 9.60. The molecular formula is C17H25NO. The van der Waals surface area contributed by atoms with Gasteiger partial charge in [-0.1, -0.05) is 24.6 Å². The van der Waals surface area contributed by atoms with Crippen molar-refractivity contribution in [2.45, 2.75) is 70.6 Å². The fraction of sp³-hybridized carbons (Fsp3) is 0.647. The minimum absolute atomic E-state index is 0.439. The van der Waals surface area contributed by atoms with E-state index in [-0.39, 0.29) is 0 Å². The van der Waals surface area contributed by atoms with Crippen LogP contribution in [0.2, 0.25) is 0 Å². The average molecular weight is 259 g/mol. The van der Waals surface area contributed by atoms with Crippen LogP contribution >= 0.6 is 0 Å². The van der Waals surface area contributed by atoms with Gasteiger partial charge in [0.25, 0.3) is 0 Å². The standard InChI is InChI=1S/C17H25NO/c1-13-6-5-7-14(12-18-15-10-11-15)17(13)19-16-8-3-2-4-9-16/h5-7,15-16,18H,2-4,8-12H2,1H3. The summed E-state index contributed by atoms with van der Waals surface area (Å²) < 4.78 is 6.33. The first-order valence-electron chi connectivity index (χ1n) is 7.81. The highest BCUT2D eigenvalue weighted by Gasteiger charge is 2.22. The van der Waals surface area contributed by atoms with Gasteiger partial charge in [-0.15, -0.1) is 0 Å². The molecule has 0 unspecified atom stereocenters. The highest BCUT2D eigenvalue weighted by atomic mass is 16.5. The SMILES string of the molecule is Cc1cccc(CNC2CC2)c1OC1CCCCC1. The molecule has 1 aromatic carbocycles. The van der Waals surface area contributed by atoms with Crippen LogP contribution in [-0.2, 0) is 6.54 Å². The van der Waals surface area contributed by atoms with Crippen molar-refractivity contribution >= 4 is 0 Å². The molecular weight excluding hydrogens is 234 g/mol. The van der Waals surface area contributed by atoms with Crippen LogP contribution in [0.5, 0.6) is 5.75 Å². The summed E-state index contributed by atoms with van der Waals surface area (Å²) in [5.74, 6) is 1.14. The second-order valence-electron chi connectivity index (χ2n) is 6.10. The molecule has 1 N–H and O–H groups in total. The molecule has 1 aromatic rings. The molecule has 0 aromatic heterocycles. The third-order valence-electron chi connectivity index (χ3n) is 4.29. The van der Waals surface area contributed by atoms with Crippen LogP contribution in [0.25, 0.3) is 0 Å². The maximum Gasteiger partial charge on any atom is 0.127 e. The number of hydrogen-bond donors (Lipinski definition) is 1. The summed E-state index contributed by atoms with van der Waals surface area (Å²) in [7, 11) is 0. The molecule has 19 heavy (non-hydrogen) atoms. The normalized spacial score (nSPS) is 20.5. The molecule has 2 nitrogen and oxygen atoms in total. The summed E-state index contributed by atoms with van der Waals surface area (Å²) in [4.78, 5) is 0. The monoisotopic (exact) mass is 259 g/mol. The van der Waals surface area contributed by atoms with Crippen molar-refractivity contribution in [3.8, 4) is 5.75 Å². The van der Waals surface area contributed by atoms with Crippen LogP contribution in [0.15, 0.2) is 18.2 Å². The first kappa shape index (κ1) is 13.0. The number of para-hydroxylation sites is 1. The molecule has 0 aliphatic heterocycles. The molecule has 0 saturated heterocycles. The average Bonchev–Trinajstić information content (AvgIpc) is 3.25. The highest BCUT2D eigenvalue weighted by Crippen LogP contribution is 2.29. The zero-order valence-electron chi connectivity index (χ0n) is 12.0. The van der Waals surface area contributed by atoms with Gasteiger partial charge in [0.05, 0.1) is 6.10 Å². The fourth-order valence-electron chi connectivity index (χ4n) is 2.91. The predicted octanol–water partition coefficient (Wildman–Crippen LogP) is 3.96. The van der Waals surface area contributed by atoms with Gasteiger partial charge < -0.3 is 10.1 Å². The van der Waals surface area contributed by atoms with Gasteiger partial charge in [-0.25, -0.2) is 0 Å². The van der Waals surface area contributed by atoms with E-state index in [4.69, 9.17) is 4.74 Å². The molecule has 0 atom stereocenters. The molecule has 2 aliphatic carbocycles. The Morgan fingerprint density at radius 1 is 1.11 bits per heavy atom. The minimum atomic E-state index is 0.439. The van der Waals surface area contributed by atoms with Crippen molar-refractivity contribution in [3.63, 3.8) is 0 Å². The number of aryl methyl sites for hydroxylation is 1. The zero-order chi connectivity index (χ0) is 13.1. The number of hydrogen-bond acceptors (Lipinski definition) is 2. The van der Waals surface area contributed by atoms with Crippen molar-refractivity contribution in [3.05, 3.63) is 29.3 Å². The van der Waals surface area contributed by atoms with Gasteiger partial charge in [-0.2, -0.15) is 0 Å². The molecule has 2 heteroatoms. The van der Waals surface area contributed by atoms with Gasteiger partial charge >= 0.3 is 0 Å². The maximum atomic E-state index is 6.33. The highest BCUT2D eigenvalue weighted by molar-refractivity contribution is 5.41. The summed E-state index contributed by atoms with van der Waals surface area (Å²) in [5, 5.41) is 3.60. The lowest BCUT2D eigenvalue weighted by Crippen LogP contribution is -2.22. The van der Waals surface area contributed by atoms with E-state index in [1.165, 1.54) is 56.1 Å². The fourth-order valence-corrected chi connectivity index (χ4v) is 2.91. The summed E-state index contributed by atoms with van der Waals surface area (Å²) >= 11 is 0. The third-order valence-corrected chi connectivity index (χ3v) is 4.29. The minimum Gasteiger partial charge on any atom is -0.490 e. The quantitative estimate of drug-likeness (QED) is 0.864. The molecule has 0 heterocycles. The molecule has 0 radical (unpaired) electrons. The van der Waals surface area contributed by atoms with E-state index in [0.717, 1.165) is 18.3 Å². The van der Waals surface area contributed by atoms with E-state index in [1.54, 1.807) is 0 Å². The van der Waals surface area contributed by atoms with Crippen LogP contribution < -0.4 is 10.1 Å². The Kier molecular flexibility index (Phi) is 4.07. The second-order valence-corrected chi connectivity index (χ2v) is 6.10. The Labute approximate surface area is 116 Å². The molecule has 104 valence electrons. The van der Waals surface area contributed by atoms with Crippen LogP contribution in [-0.4, -0.2) is 12.1 Å². The van der Waals surface area contributed by atoms with E-state index in [9.17, 15) is 0 Å². The predicted molar refractivity (Wildman–Crippen MR) is 78.5 cm³/mol. The number of benzene rings is 1. The largest absolute Gasteiger partial charge is 0.490 e. The Morgan fingerprint density at radius 2 is 1.89 bits per heavy atom. The van der Waals surface area contributed by atoms with Gasteiger partial charge in [-0.05, 0) is 51.0 Å². The van der Waals surface area contributed by atoms with Crippen molar-refractivity contribution in [2.24, 2.45) is 0 Å². The molecule has 2 fully saturated rings. The molecule has 0 spiro atoms. The Bertz CT molecular complexity index is 419.